The Morgan fingerprint density at radius 1 is 1.54 bits per heavy atom. The normalized spacial score (nSPS) is 30.7. The van der Waals surface area contributed by atoms with Crippen molar-refractivity contribution < 1.29 is 9.84 Å². The zero-order chi connectivity index (χ0) is 9.68. The van der Waals surface area contributed by atoms with Crippen molar-refractivity contribution in [1.82, 2.24) is 5.32 Å². The molecule has 0 bridgehead atoms. The Morgan fingerprint density at radius 3 is 2.92 bits per heavy atom. The lowest BCUT2D eigenvalue weighted by Crippen LogP contribution is -2.38. The summed E-state index contributed by atoms with van der Waals surface area (Å²) in [5, 5.41) is 12.5. The highest BCUT2D eigenvalue weighted by Gasteiger charge is 2.26. The van der Waals surface area contributed by atoms with Gasteiger partial charge in [0.1, 0.15) is 0 Å². The van der Waals surface area contributed by atoms with Crippen LogP contribution in [0.4, 0.5) is 0 Å². The summed E-state index contributed by atoms with van der Waals surface area (Å²) in [6.07, 6.45) is 4.64. The van der Waals surface area contributed by atoms with Crippen LogP contribution in [0.3, 0.4) is 0 Å². The number of ether oxygens (including phenoxy) is 1. The third kappa shape index (κ3) is 3.63. The topological polar surface area (TPSA) is 41.5 Å². The fraction of sp³-hybridized carbons (Fsp3) is 1.00. The average molecular weight is 187 g/mol. The van der Waals surface area contributed by atoms with Gasteiger partial charge >= 0.3 is 0 Å². The van der Waals surface area contributed by atoms with Crippen molar-refractivity contribution in [3.8, 4) is 0 Å². The largest absolute Gasteiger partial charge is 0.393 e. The number of hydrogen-bond acceptors (Lipinski definition) is 3. The molecule has 1 aliphatic rings. The second-order valence-electron chi connectivity index (χ2n) is 3.90. The molecule has 2 N–H and O–H groups in total. The molecule has 0 aliphatic heterocycles. The number of aliphatic hydroxyl groups is 1. The summed E-state index contributed by atoms with van der Waals surface area (Å²) in [6.45, 7) is 2.71. The SMILES string of the molecule is COC1CCCC1NCCC(C)O. The van der Waals surface area contributed by atoms with Crippen molar-refractivity contribution in [1.29, 1.82) is 0 Å². The van der Waals surface area contributed by atoms with Crippen molar-refractivity contribution in [2.75, 3.05) is 13.7 Å². The molecule has 0 heterocycles. The molecule has 0 saturated heterocycles. The Bertz CT molecular complexity index is 139. The smallest absolute Gasteiger partial charge is 0.0724 e. The highest BCUT2D eigenvalue weighted by Crippen LogP contribution is 2.21. The van der Waals surface area contributed by atoms with E-state index in [2.05, 4.69) is 5.32 Å². The first-order chi connectivity index (χ1) is 6.24. The molecule has 0 spiro atoms. The molecule has 78 valence electrons. The van der Waals surface area contributed by atoms with Crippen LogP contribution in [-0.4, -0.2) is 37.0 Å². The molecule has 0 aromatic heterocycles. The molecule has 0 amide bonds. The molecule has 13 heavy (non-hydrogen) atoms. The van der Waals surface area contributed by atoms with Crippen molar-refractivity contribution in [3.05, 3.63) is 0 Å². The molecule has 1 saturated carbocycles. The molecule has 1 rings (SSSR count). The summed E-state index contributed by atoms with van der Waals surface area (Å²) in [7, 11) is 1.78. The minimum absolute atomic E-state index is 0.199. The van der Waals surface area contributed by atoms with Crippen molar-refractivity contribution in [2.45, 2.75) is 50.9 Å². The van der Waals surface area contributed by atoms with E-state index in [1.807, 2.05) is 6.92 Å². The van der Waals surface area contributed by atoms with E-state index in [1.54, 1.807) is 7.11 Å². The monoisotopic (exact) mass is 187 g/mol. The molecule has 0 radical (unpaired) electrons. The van der Waals surface area contributed by atoms with Gasteiger partial charge in [0, 0.05) is 13.2 Å². The lowest BCUT2D eigenvalue weighted by Gasteiger charge is -2.19. The minimum Gasteiger partial charge on any atom is -0.393 e. The van der Waals surface area contributed by atoms with Crippen molar-refractivity contribution >= 4 is 0 Å². The Kier molecular flexibility index (Phi) is 4.70. The van der Waals surface area contributed by atoms with Crippen molar-refractivity contribution in [3.63, 3.8) is 0 Å². The van der Waals surface area contributed by atoms with Crippen LogP contribution in [0.1, 0.15) is 32.6 Å². The first-order valence-electron chi connectivity index (χ1n) is 5.18. The van der Waals surface area contributed by atoms with Crippen LogP contribution in [-0.2, 0) is 4.74 Å². The Balaban J connectivity index is 2.13. The summed E-state index contributed by atoms with van der Waals surface area (Å²) in [4.78, 5) is 0. The standard InChI is InChI=1S/C10H21NO2/c1-8(12)6-7-11-9-4-3-5-10(9)13-2/h8-12H,3-7H2,1-2H3. The van der Waals surface area contributed by atoms with Crippen LogP contribution >= 0.6 is 0 Å². The van der Waals surface area contributed by atoms with Gasteiger partial charge < -0.3 is 15.2 Å². The number of aliphatic hydroxyl groups excluding tert-OH is 1. The van der Waals surface area contributed by atoms with E-state index < -0.39 is 0 Å². The highest BCUT2D eigenvalue weighted by atomic mass is 16.5. The zero-order valence-electron chi connectivity index (χ0n) is 8.62. The highest BCUT2D eigenvalue weighted by molar-refractivity contribution is 4.83. The van der Waals surface area contributed by atoms with Gasteiger partial charge in [-0.1, -0.05) is 0 Å². The number of rotatable bonds is 5. The summed E-state index contributed by atoms with van der Waals surface area (Å²) in [5.74, 6) is 0. The second kappa shape index (κ2) is 5.58. The summed E-state index contributed by atoms with van der Waals surface area (Å²) in [6, 6.07) is 0.503. The van der Waals surface area contributed by atoms with Gasteiger partial charge in [0.2, 0.25) is 0 Å². The van der Waals surface area contributed by atoms with Gasteiger partial charge in [-0.2, -0.15) is 0 Å². The van der Waals surface area contributed by atoms with Gasteiger partial charge in [-0.25, -0.2) is 0 Å². The maximum Gasteiger partial charge on any atom is 0.0724 e. The third-order valence-corrected chi connectivity index (χ3v) is 2.72. The molecule has 1 fully saturated rings. The van der Waals surface area contributed by atoms with E-state index >= 15 is 0 Å². The van der Waals surface area contributed by atoms with Gasteiger partial charge in [0.05, 0.1) is 12.2 Å². The summed E-state index contributed by atoms with van der Waals surface area (Å²) >= 11 is 0. The lowest BCUT2D eigenvalue weighted by atomic mass is 10.2. The van der Waals surface area contributed by atoms with Crippen molar-refractivity contribution in [2.24, 2.45) is 0 Å². The zero-order valence-corrected chi connectivity index (χ0v) is 8.62. The molecular formula is C10H21NO2. The van der Waals surface area contributed by atoms with Crippen LogP contribution in [0.5, 0.6) is 0 Å². The first kappa shape index (κ1) is 11.0. The van der Waals surface area contributed by atoms with Crippen LogP contribution in [0.15, 0.2) is 0 Å². The molecule has 3 unspecified atom stereocenters. The molecule has 0 aromatic rings. The Labute approximate surface area is 80.5 Å². The van der Waals surface area contributed by atoms with Crippen LogP contribution in [0, 0.1) is 0 Å². The quantitative estimate of drug-likeness (QED) is 0.672. The Hall–Kier alpha value is -0.120. The van der Waals surface area contributed by atoms with E-state index in [-0.39, 0.29) is 6.10 Å². The molecule has 3 atom stereocenters. The molecule has 3 heteroatoms. The minimum atomic E-state index is -0.199. The fourth-order valence-corrected chi connectivity index (χ4v) is 1.92. The van der Waals surface area contributed by atoms with Gasteiger partial charge in [0.25, 0.3) is 0 Å². The Morgan fingerprint density at radius 2 is 2.31 bits per heavy atom. The fourth-order valence-electron chi connectivity index (χ4n) is 1.92. The lowest BCUT2D eigenvalue weighted by molar-refractivity contribution is 0.0833. The average Bonchev–Trinajstić information content (AvgIpc) is 2.51. The van der Waals surface area contributed by atoms with Crippen LogP contribution < -0.4 is 5.32 Å². The predicted octanol–water partition coefficient (Wildman–Crippen LogP) is 0.914. The second-order valence-corrected chi connectivity index (χ2v) is 3.90. The number of nitrogens with one attached hydrogen (secondary N) is 1. The summed E-state index contributed by atoms with van der Waals surface area (Å²) in [5.41, 5.74) is 0. The van der Waals surface area contributed by atoms with E-state index in [0.717, 1.165) is 13.0 Å². The van der Waals surface area contributed by atoms with E-state index in [9.17, 15) is 0 Å². The van der Waals surface area contributed by atoms with E-state index in [1.165, 1.54) is 19.3 Å². The van der Waals surface area contributed by atoms with Crippen LogP contribution in [0.2, 0.25) is 0 Å². The molecule has 1 aliphatic carbocycles. The van der Waals surface area contributed by atoms with Crippen LogP contribution in [0.25, 0.3) is 0 Å². The maximum absolute atomic E-state index is 9.08. The molecule has 3 nitrogen and oxygen atoms in total. The number of methoxy groups -OCH3 is 1. The molecular weight excluding hydrogens is 166 g/mol. The summed E-state index contributed by atoms with van der Waals surface area (Å²) < 4.78 is 5.36. The predicted molar refractivity (Wildman–Crippen MR) is 52.7 cm³/mol. The third-order valence-electron chi connectivity index (χ3n) is 2.72. The maximum atomic E-state index is 9.08. The first-order valence-corrected chi connectivity index (χ1v) is 5.18. The number of hydrogen-bond donors (Lipinski definition) is 2. The van der Waals surface area contributed by atoms with E-state index in [4.69, 9.17) is 9.84 Å². The van der Waals surface area contributed by atoms with E-state index in [0.29, 0.717) is 12.1 Å². The van der Waals surface area contributed by atoms with Gasteiger partial charge in [-0.3, -0.25) is 0 Å². The van der Waals surface area contributed by atoms with Gasteiger partial charge in [0.15, 0.2) is 0 Å². The van der Waals surface area contributed by atoms with Gasteiger partial charge in [-0.05, 0) is 39.2 Å². The molecule has 0 aromatic carbocycles. The van der Waals surface area contributed by atoms with Gasteiger partial charge in [-0.15, -0.1) is 0 Å².